The van der Waals surface area contributed by atoms with E-state index in [0.717, 1.165) is 48.9 Å². The molecule has 1 fully saturated rings. The van der Waals surface area contributed by atoms with Gasteiger partial charge in [-0.1, -0.05) is 31.5 Å². The zero-order valence-electron chi connectivity index (χ0n) is 22.1. The van der Waals surface area contributed by atoms with Crippen molar-refractivity contribution in [1.29, 1.82) is 0 Å². The summed E-state index contributed by atoms with van der Waals surface area (Å²) in [6, 6.07) is 13.3. The van der Waals surface area contributed by atoms with Crippen LogP contribution in [0.3, 0.4) is 0 Å². The Kier molecular flexibility index (Phi) is 7.18. The van der Waals surface area contributed by atoms with E-state index in [2.05, 4.69) is 28.4 Å². The quantitative estimate of drug-likeness (QED) is 0.283. The highest BCUT2D eigenvalue weighted by molar-refractivity contribution is 5.95. The van der Waals surface area contributed by atoms with Crippen molar-refractivity contribution in [2.75, 3.05) is 17.7 Å². The minimum Gasteiger partial charge on any atom is -0.493 e. The number of aromatic amines is 1. The Hall–Kier alpha value is -4.14. The second kappa shape index (κ2) is 10.7. The number of nitrogens with zero attached hydrogens (tertiary/aromatic N) is 3. The molecule has 2 aromatic carbocycles. The van der Waals surface area contributed by atoms with Crippen molar-refractivity contribution < 1.29 is 9.53 Å². The Labute approximate surface area is 221 Å². The van der Waals surface area contributed by atoms with Gasteiger partial charge in [-0.3, -0.25) is 14.3 Å². The molecule has 4 N–H and O–H groups in total. The molecular formula is C29H34N6O3. The molecular weight excluding hydrogens is 480 g/mol. The van der Waals surface area contributed by atoms with Crippen LogP contribution >= 0.6 is 0 Å². The van der Waals surface area contributed by atoms with Gasteiger partial charge in [0.1, 0.15) is 17.1 Å². The summed E-state index contributed by atoms with van der Waals surface area (Å²) in [6.07, 6.45) is 4.13. The van der Waals surface area contributed by atoms with E-state index in [1.807, 2.05) is 37.3 Å². The number of anilines is 2. The Morgan fingerprint density at radius 1 is 1.21 bits per heavy atom. The number of fused-ring (bicyclic) bond motifs is 1. The predicted octanol–water partition coefficient (Wildman–Crippen LogP) is 4.46. The van der Waals surface area contributed by atoms with Crippen LogP contribution in [0.15, 0.2) is 47.3 Å². The van der Waals surface area contributed by atoms with Gasteiger partial charge in [0.2, 0.25) is 5.91 Å². The number of rotatable bonds is 9. The van der Waals surface area contributed by atoms with E-state index in [9.17, 15) is 9.59 Å². The lowest BCUT2D eigenvalue weighted by molar-refractivity contribution is -0.123. The molecule has 0 aliphatic heterocycles. The van der Waals surface area contributed by atoms with E-state index in [0.29, 0.717) is 46.5 Å². The van der Waals surface area contributed by atoms with Crippen LogP contribution in [-0.2, 0) is 24.7 Å². The Bertz CT molecular complexity index is 1530. The molecule has 5 rings (SSSR count). The highest BCUT2D eigenvalue weighted by Crippen LogP contribution is 2.38. The van der Waals surface area contributed by atoms with Gasteiger partial charge in [0.05, 0.1) is 29.2 Å². The molecule has 0 spiro atoms. The molecule has 0 saturated heterocycles. The molecule has 1 aliphatic rings. The summed E-state index contributed by atoms with van der Waals surface area (Å²) in [5.41, 5.74) is 10.8. The first kappa shape index (κ1) is 25.5. The number of benzene rings is 2. The largest absolute Gasteiger partial charge is 0.493 e. The number of H-pyrrole nitrogens is 1. The third-order valence-corrected chi connectivity index (χ3v) is 7.20. The van der Waals surface area contributed by atoms with Crippen LogP contribution in [-0.4, -0.2) is 32.3 Å². The van der Waals surface area contributed by atoms with Gasteiger partial charge in [-0.2, -0.15) is 5.10 Å². The number of nitrogen functional groups attached to an aromatic ring is 1. The highest BCUT2D eigenvalue weighted by atomic mass is 16.5. The highest BCUT2D eigenvalue weighted by Gasteiger charge is 2.34. The molecule has 38 heavy (non-hydrogen) atoms. The summed E-state index contributed by atoms with van der Waals surface area (Å²) < 4.78 is 7.50. The van der Waals surface area contributed by atoms with Crippen LogP contribution in [0.5, 0.6) is 5.75 Å². The van der Waals surface area contributed by atoms with Crippen molar-refractivity contribution in [2.45, 2.75) is 46.0 Å². The molecule has 1 amide bonds. The molecule has 1 aliphatic carbocycles. The summed E-state index contributed by atoms with van der Waals surface area (Å²) in [6.45, 7) is 4.51. The fraction of sp³-hybridized carbons (Fsp3) is 0.379. The van der Waals surface area contributed by atoms with Gasteiger partial charge < -0.3 is 20.8 Å². The van der Waals surface area contributed by atoms with Crippen LogP contribution in [0.4, 0.5) is 11.4 Å². The molecule has 4 aromatic rings. The fourth-order valence-electron chi connectivity index (χ4n) is 5.25. The molecule has 9 heteroatoms. The zero-order chi connectivity index (χ0) is 26.8. The minimum atomic E-state index is -0.220. The van der Waals surface area contributed by atoms with Crippen LogP contribution in [0.25, 0.3) is 22.4 Å². The van der Waals surface area contributed by atoms with E-state index >= 15 is 0 Å². The Morgan fingerprint density at radius 3 is 2.74 bits per heavy atom. The molecule has 1 saturated carbocycles. The molecule has 0 unspecified atom stereocenters. The molecule has 198 valence electrons. The summed E-state index contributed by atoms with van der Waals surface area (Å²) in [5.74, 6) is 1.54. The predicted molar refractivity (Wildman–Crippen MR) is 149 cm³/mol. The lowest BCUT2D eigenvalue weighted by Gasteiger charge is -2.34. The Balaban J connectivity index is 1.35. The van der Waals surface area contributed by atoms with E-state index in [1.165, 1.54) is 0 Å². The molecule has 0 radical (unpaired) electrons. The lowest BCUT2D eigenvalue weighted by Crippen LogP contribution is -2.35. The van der Waals surface area contributed by atoms with Gasteiger partial charge in [0, 0.05) is 13.0 Å². The van der Waals surface area contributed by atoms with Crippen LogP contribution in [0.2, 0.25) is 0 Å². The van der Waals surface area contributed by atoms with Crippen molar-refractivity contribution in [2.24, 2.45) is 18.9 Å². The Morgan fingerprint density at radius 2 is 2.00 bits per heavy atom. The SMILES string of the molecule is CCCc1nn(C)c2c(=O)[nH]c(-c3cc(CC4CC(C(=O)Nc5ccccc5N)C4)ccc3OCC)nc12. The smallest absolute Gasteiger partial charge is 0.277 e. The number of amides is 1. The summed E-state index contributed by atoms with van der Waals surface area (Å²) in [4.78, 5) is 33.5. The second-order valence-corrected chi connectivity index (χ2v) is 10.0. The second-order valence-electron chi connectivity index (χ2n) is 10.0. The van der Waals surface area contributed by atoms with Gasteiger partial charge in [-0.25, -0.2) is 4.98 Å². The van der Waals surface area contributed by atoms with E-state index < -0.39 is 0 Å². The minimum absolute atomic E-state index is 0.0148. The fourth-order valence-corrected chi connectivity index (χ4v) is 5.25. The van der Waals surface area contributed by atoms with Crippen molar-refractivity contribution >= 4 is 28.3 Å². The van der Waals surface area contributed by atoms with E-state index in [4.69, 9.17) is 15.5 Å². The molecule has 9 nitrogen and oxygen atoms in total. The van der Waals surface area contributed by atoms with Gasteiger partial charge >= 0.3 is 0 Å². The van der Waals surface area contributed by atoms with Crippen LogP contribution < -0.4 is 21.3 Å². The number of ether oxygens (including phenoxy) is 1. The van der Waals surface area contributed by atoms with Gasteiger partial charge in [0.25, 0.3) is 5.56 Å². The molecule has 0 atom stereocenters. The number of nitrogens with one attached hydrogen (secondary N) is 2. The lowest BCUT2D eigenvalue weighted by atomic mass is 9.71. The number of carbonyl (C=O) groups is 1. The number of para-hydroxylation sites is 2. The normalized spacial score (nSPS) is 16.8. The topological polar surface area (TPSA) is 128 Å². The molecule has 2 aromatic heterocycles. The monoisotopic (exact) mass is 514 g/mol. The van der Waals surface area contributed by atoms with Crippen molar-refractivity contribution in [3.63, 3.8) is 0 Å². The summed E-state index contributed by atoms with van der Waals surface area (Å²) >= 11 is 0. The van der Waals surface area contributed by atoms with Crippen molar-refractivity contribution in [3.8, 4) is 17.1 Å². The first-order valence-electron chi connectivity index (χ1n) is 13.2. The van der Waals surface area contributed by atoms with Crippen LogP contribution in [0, 0.1) is 11.8 Å². The molecule has 2 heterocycles. The number of hydrogen-bond donors (Lipinski definition) is 3. The number of aromatic nitrogens is 4. The standard InChI is InChI=1S/C29H34N6O3/c1-4-8-23-25-26(35(3)34-23)29(37)33-27(32-25)20-16-17(11-12-24(20)38-5-2)13-18-14-19(15-18)28(36)31-22-10-7-6-9-21(22)30/h6-7,9-12,16,18-19H,4-5,8,13-15,30H2,1-3H3,(H,31,36)(H,32,33,37). The maximum atomic E-state index is 13.0. The van der Waals surface area contributed by atoms with Crippen LogP contribution in [0.1, 0.15) is 44.4 Å². The number of aryl methyl sites for hydroxylation is 2. The van der Waals surface area contributed by atoms with Crippen molar-refractivity contribution in [1.82, 2.24) is 19.7 Å². The summed E-state index contributed by atoms with van der Waals surface area (Å²) in [5, 5.41) is 7.48. The third kappa shape index (κ3) is 5.01. The van der Waals surface area contributed by atoms with Gasteiger partial charge in [-0.05, 0) is 68.4 Å². The van der Waals surface area contributed by atoms with Gasteiger partial charge in [0.15, 0.2) is 5.52 Å². The average Bonchev–Trinajstić information content (AvgIpc) is 3.19. The first-order chi connectivity index (χ1) is 18.4. The number of carbonyl (C=O) groups excluding carboxylic acids is 1. The number of hydrogen-bond acceptors (Lipinski definition) is 6. The summed E-state index contributed by atoms with van der Waals surface area (Å²) in [7, 11) is 1.77. The number of nitrogens with two attached hydrogens (primary N) is 1. The average molecular weight is 515 g/mol. The maximum absolute atomic E-state index is 13.0. The van der Waals surface area contributed by atoms with E-state index in [1.54, 1.807) is 17.8 Å². The van der Waals surface area contributed by atoms with Gasteiger partial charge in [-0.15, -0.1) is 0 Å². The maximum Gasteiger partial charge on any atom is 0.277 e. The molecule has 0 bridgehead atoms. The van der Waals surface area contributed by atoms with Crippen molar-refractivity contribution in [3.05, 3.63) is 64.1 Å². The third-order valence-electron chi connectivity index (χ3n) is 7.20. The van der Waals surface area contributed by atoms with E-state index in [-0.39, 0.29) is 17.4 Å². The first-order valence-corrected chi connectivity index (χ1v) is 13.2. The zero-order valence-corrected chi connectivity index (χ0v) is 22.1.